The molecule has 4 rings (SSSR count). The van der Waals surface area contributed by atoms with Gasteiger partial charge in [-0.25, -0.2) is 9.79 Å². The van der Waals surface area contributed by atoms with Crippen LogP contribution < -0.4 is 4.90 Å². The minimum Gasteiger partial charge on any atom is -0.444 e. The van der Waals surface area contributed by atoms with Gasteiger partial charge in [-0.15, -0.1) is 11.8 Å². The summed E-state index contributed by atoms with van der Waals surface area (Å²) in [5.41, 5.74) is -1.17. The molecule has 1 aromatic carbocycles. The van der Waals surface area contributed by atoms with Gasteiger partial charge in [-0.2, -0.15) is 13.2 Å². The van der Waals surface area contributed by atoms with Gasteiger partial charge in [-0.3, -0.25) is 4.90 Å². The fourth-order valence-corrected chi connectivity index (χ4v) is 6.33. The zero-order chi connectivity index (χ0) is 26.7. The lowest BCUT2D eigenvalue weighted by atomic mass is 10.0. The molecule has 3 heterocycles. The quantitative estimate of drug-likeness (QED) is 0.505. The number of piperazine rings is 1. The third-order valence-corrected chi connectivity index (χ3v) is 7.94. The lowest BCUT2D eigenvalue weighted by Gasteiger charge is -2.47. The van der Waals surface area contributed by atoms with Gasteiger partial charge in [0.1, 0.15) is 11.4 Å². The van der Waals surface area contributed by atoms with Crippen LogP contribution in [0.25, 0.3) is 0 Å². The Bertz CT molecular complexity index is 1070. The second kappa shape index (κ2) is 9.45. The molecule has 3 aliphatic heterocycles. The Labute approximate surface area is 217 Å². The van der Waals surface area contributed by atoms with Crippen molar-refractivity contribution in [3.63, 3.8) is 0 Å². The largest absolute Gasteiger partial charge is 0.444 e. The maximum atomic E-state index is 14.0. The number of hydrogen-bond donors (Lipinski definition) is 2. The maximum absolute atomic E-state index is 14.0. The third kappa shape index (κ3) is 5.09. The third-order valence-electron chi connectivity index (χ3n) is 6.20. The summed E-state index contributed by atoms with van der Waals surface area (Å²) in [7, 11) is 0. The van der Waals surface area contributed by atoms with Crippen LogP contribution in [0.5, 0.6) is 0 Å². The van der Waals surface area contributed by atoms with Crippen molar-refractivity contribution in [3.05, 3.63) is 22.2 Å². The molecule has 0 spiro atoms. The van der Waals surface area contributed by atoms with Crippen molar-refractivity contribution in [2.75, 3.05) is 30.3 Å². The van der Waals surface area contributed by atoms with Crippen molar-refractivity contribution in [3.8, 4) is 0 Å². The van der Waals surface area contributed by atoms with Gasteiger partial charge in [-0.05, 0) is 40.7 Å². The molecular formula is C23H30ClF3N4O4S. The second-order valence-electron chi connectivity index (χ2n) is 10.4. The molecule has 1 amide bonds. The number of alkyl halides is 3. The van der Waals surface area contributed by atoms with Crippen molar-refractivity contribution >= 4 is 41.0 Å². The molecular weight excluding hydrogens is 521 g/mol. The Morgan fingerprint density at radius 1 is 1.17 bits per heavy atom. The highest BCUT2D eigenvalue weighted by molar-refractivity contribution is 7.99. The van der Waals surface area contributed by atoms with E-state index in [1.54, 1.807) is 30.6 Å². The van der Waals surface area contributed by atoms with Crippen molar-refractivity contribution in [1.29, 1.82) is 0 Å². The zero-order valence-corrected chi connectivity index (χ0v) is 22.2. The van der Waals surface area contributed by atoms with Gasteiger partial charge in [0.15, 0.2) is 0 Å². The molecule has 0 aromatic heterocycles. The molecule has 3 aliphatic rings. The first-order valence-electron chi connectivity index (χ1n) is 11.6. The van der Waals surface area contributed by atoms with Crippen LogP contribution in [0.4, 0.5) is 23.7 Å². The molecule has 0 bridgehead atoms. The number of ether oxygens (including phenoxy) is 1. The molecule has 1 aromatic rings. The van der Waals surface area contributed by atoms with Gasteiger partial charge in [0.25, 0.3) is 0 Å². The van der Waals surface area contributed by atoms with Crippen LogP contribution in [0.2, 0.25) is 5.02 Å². The smallest absolute Gasteiger partial charge is 0.417 e. The number of carbonyl (C=O) groups is 1. The number of halogens is 4. The number of thioether (sulfide) groups is 1. The van der Waals surface area contributed by atoms with E-state index in [-0.39, 0.29) is 53.8 Å². The minimum absolute atomic E-state index is 0.00807. The summed E-state index contributed by atoms with van der Waals surface area (Å²) in [6, 6.07) is 0.281. The number of nitrogens with zero attached hydrogens (tertiary/aromatic N) is 4. The fraction of sp³-hybridized carbons (Fsp3) is 0.652. The van der Waals surface area contributed by atoms with Crippen LogP contribution in [0.1, 0.15) is 45.7 Å². The van der Waals surface area contributed by atoms with E-state index in [0.29, 0.717) is 5.69 Å². The molecule has 2 N–H and O–H groups in total. The number of aliphatic hydroxyl groups is 2. The van der Waals surface area contributed by atoms with Crippen LogP contribution in [-0.2, 0) is 10.9 Å². The molecule has 4 atom stereocenters. The lowest BCUT2D eigenvalue weighted by molar-refractivity contribution is -0.137. The van der Waals surface area contributed by atoms with E-state index in [1.165, 1.54) is 4.90 Å². The SMILES string of the molecule is C[C@@H]1CN(C2=NC(O)N3C[C@H](O)CSc4c(Cl)c(C(F)(F)F)cc2c43)C[C@H](C)N1C(=O)OC(C)(C)C. The first-order valence-corrected chi connectivity index (χ1v) is 13.0. The topological polar surface area (TPSA) is 88.8 Å². The zero-order valence-electron chi connectivity index (χ0n) is 20.6. The molecule has 36 heavy (non-hydrogen) atoms. The summed E-state index contributed by atoms with van der Waals surface area (Å²) in [6.45, 7) is 9.52. The van der Waals surface area contributed by atoms with E-state index < -0.39 is 40.9 Å². The second-order valence-corrected chi connectivity index (χ2v) is 11.8. The normalized spacial score (nSPS) is 26.9. The highest BCUT2D eigenvalue weighted by Crippen LogP contribution is 2.49. The summed E-state index contributed by atoms with van der Waals surface area (Å²) in [4.78, 5) is 22.1. The Hall–Kier alpha value is -1.89. The highest BCUT2D eigenvalue weighted by atomic mass is 35.5. The van der Waals surface area contributed by atoms with E-state index >= 15 is 0 Å². The van der Waals surface area contributed by atoms with Crippen molar-refractivity contribution in [2.24, 2.45) is 4.99 Å². The van der Waals surface area contributed by atoms with Crippen LogP contribution >= 0.6 is 23.4 Å². The van der Waals surface area contributed by atoms with Gasteiger partial charge < -0.3 is 24.7 Å². The van der Waals surface area contributed by atoms with Gasteiger partial charge in [-0.1, -0.05) is 11.6 Å². The summed E-state index contributed by atoms with van der Waals surface area (Å²) >= 11 is 7.27. The van der Waals surface area contributed by atoms with Crippen LogP contribution in [0, 0.1) is 0 Å². The van der Waals surface area contributed by atoms with Gasteiger partial charge in [0.2, 0.25) is 6.35 Å². The monoisotopic (exact) mass is 550 g/mol. The molecule has 13 heteroatoms. The molecule has 0 saturated carbocycles. The first kappa shape index (κ1) is 27.2. The fourth-order valence-electron chi connectivity index (χ4n) is 4.85. The first-order chi connectivity index (χ1) is 16.6. The molecule has 200 valence electrons. The van der Waals surface area contributed by atoms with E-state index in [9.17, 15) is 28.2 Å². The molecule has 0 radical (unpaired) electrons. The van der Waals surface area contributed by atoms with Crippen LogP contribution in [0.3, 0.4) is 0 Å². The standard InChI is InChI=1S/C23H30ClF3N4O4S/c1-11-7-29(8-12(2)31(11)21(34)35-22(3,4)5)19-14-6-15(23(25,26)27)16(24)18-17(14)30(20(33)28-19)9-13(32)10-36-18/h6,11-13,20,32-33H,7-10H2,1-5H3/t11-,12+,13-,20?/m0/s1. The molecule has 1 unspecified atom stereocenters. The van der Waals surface area contributed by atoms with E-state index in [2.05, 4.69) is 4.99 Å². The number of anilines is 1. The summed E-state index contributed by atoms with van der Waals surface area (Å²) < 4.78 is 47.4. The maximum Gasteiger partial charge on any atom is 0.417 e. The number of hydrogen-bond acceptors (Lipinski definition) is 8. The van der Waals surface area contributed by atoms with Crippen LogP contribution in [0.15, 0.2) is 16.0 Å². The molecule has 0 aliphatic carbocycles. The number of amidine groups is 1. The highest BCUT2D eigenvalue weighted by Gasteiger charge is 2.44. The Morgan fingerprint density at radius 2 is 1.78 bits per heavy atom. The van der Waals surface area contributed by atoms with Crippen molar-refractivity contribution < 1.29 is 32.9 Å². The molecule has 1 fully saturated rings. The lowest BCUT2D eigenvalue weighted by Crippen LogP contribution is -2.61. The number of rotatable bonds is 0. The van der Waals surface area contributed by atoms with E-state index in [4.69, 9.17) is 16.3 Å². The summed E-state index contributed by atoms with van der Waals surface area (Å²) in [6.07, 6.45) is -7.49. The van der Waals surface area contributed by atoms with Gasteiger partial charge >= 0.3 is 12.3 Å². The van der Waals surface area contributed by atoms with Crippen LogP contribution in [-0.4, -0.2) is 87.5 Å². The Kier molecular flexibility index (Phi) is 7.13. The van der Waals surface area contributed by atoms with E-state index in [1.807, 2.05) is 13.8 Å². The number of benzene rings is 1. The van der Waals surface area contributed by atoms with E-state index in [0.717, 1.165) is 17.8 Å². The van der Waals surface area contributed by atoms with Crippen molar-refractivity contribution in [1.82, 2.24) is 9.80 Å². The van der Waals surface area contributed by atoms with Gasteiger partial charge in [0, 0.05) is 31.0 Å². The summed E-state index contributed by atoms with van der Waals surface area (Å²) in [5, 5.41) is 20.7. The number of amides is 1. The predicted molar refractivity (Wildman–Crippen MR) is 132 cm³/mol. The Morgan fingerprint density at radius 3 is 2.33 bits per heavy atom. The number of aliphatic imine (C=N–C) groups is 1. The molecule has 8 nitrogen and oxygen atoms in total. The number of carbonyl (C=O) groups excluding carboxylic acids is 1. The van der Waals surface area contributed by atoms with Crippen molar-refractivity contribution in [2.45, 2.75) is 75.8 Å². The Balaban J connectivity index is 1.76. The molecule has 1 saturated heterocycles. The summed E-state index contributed by atoms with van der Waals surface area (Å²) in [5.74, 6) is 0.311. The predicted octanol–water partition coefficient (Wildman–Crippen LogP) is 4.00. The minimum atomic E-state index is -4.71. The average molecular weight is 551 g/mol. The number of aliphatic hydroxyl groups excluding tert-OH is 2. The van der Waals surface area contributed by atoms with Gasteiger partial charge in [0.05, 0.1) is 39.4 Å². The average Bonchev–Trinajstić information content (AvgIpc) is 2.89.